The van der Waals surface area contributed by atoms with Gasteiger partial charge in [-0.2, -0.15) is 0 Å². The van der Waals surface area contributed by atoms with E-state index in [2.05, 4.69) is 0 Å². The van der Waals surface area contributed by atoms with Gasteiger partial charge >= 0.3 is 0 Å². The van der Waals surface area contributed by atoms with E-state index in [9.17, 15) is 8.42 Å². The maximum Gasteiger partial charge on any atom is 0.213 e. The molecule has 1 aliphatic rings. The van der Waals surface area contributed by atoms with Gasteiger partial charge in [0.1, 0.15) is 0 Å². The summed E-state index contributed by atoms with van der Waals surface area (Å²) in [5.41, 5.74) is 5.60. The second-order valence-electron chi connectivity index (χ2n) is 3.86. The Morgan fingerprint density at radius 1 is 1.43 bits per heavy atom. The molecular weight excluding hydrogens is 200 g/mol. The van der Waals surface area contributed by atoms with Gasteiger partial charge in [-0.25, -0.2) is 12.7 Å². The molecule has 2 N–H and O–H groups in total. The number of sulfonamides is 1. The fourth-order valence-corrected chi connectivity index (χ4v) is 3.03. The maximum absolute atomic E-state index is 11.7. The van der Waals surface area contributed by atoms with Crippen LogP contribution in [0.15, 0.2) is 0 Å². The predicted octanol–water partition coefficient (Wildman–Crippen LogP) is 0.397. The average Bonchev–Trinajstić information content (AvgIpc) is 2.43. The molecule has 5 heteroatoms. The van der Waals surface area contributed by atoms with Gasteiger partial charge in [-0.1, -0.05) is 6.42 Å². The zero-order valence-corrected chi connectivity index (χ0v) is 9.59. The molecule has 1 aliphatic heterocycles. The van der Waals surface area contributed by atoms with Crippen LogP contribution in [-0.2, 0) is 10.0 Å². The molecule has 0 amide bonds. The average molecular weight is 220 g/mol. The van der Waals surface area contributed by atoms with Crippen LogP contribution in [0, 0.1) is 5.92 Å². The summed E-state index contributed by atoms with van der Waals surface area (Å²) in [7, 11) is -3.01. The van der Waals surface area contributed by atoms with E-state index in [1.807, 2.05) is 0 Å². The van der Waals surface area contributed by atoms with Crippen LogP contribution < -0.4 is 5.73 Å². The monoisotopic (exact) mass is 220 g/mol. The largest absolute Gasteiger partial charge is 0.330 e. The molecule has 1 rings (SSSR count). The van der Waals surface area contributed by atoms with Crippen LogP contribution >= 0.6 is 0 Å². The smallest absolute Gasteiger partial charge is 0.213 e. The maximum atomic E-state index is 11.7. The highest BCUT2D eigenvalue weighted by molar-refractivity contribution is 7.89. The lowest BCUT2D eigenvalue weighted by atomic mass is 10.0. The minimum atomic E-state index is -3.01. The molecule has 1 saturated heterocycles. The van der Waals surface area contributed by atoms with Gasteiger partial charge in [0.2, 0.25) is 10.0 Å². The van der Waals surface area contributed by atoms with Crippen LogP contribution in [0.25, 0.3) is 0 Å². The Bertz CT molecular complexity index is 264. The Kier molecular flexibility index (Phi) is 4.34. The van der Waals surface area contributed by atoms with Crippen molar-refractivity contribution in [2.24, 2.45) is 11.7 Å². The van der Waals surface area contributed by atoms with Gasteiger partial charge in [0.25, 0.3) is 0 Å². The first-order valence-corrected chi connectivity index (χ1v) is 6.89. The van der Waals surface area contributed by atoms with E-state index in [4.69, 9.17) is 5.73 Å². The summed E-state index contributed by atoms with van der Waals surface area (Å²) in [4.78, 5) is 0. The lowest BCUT2D eigenvalue weighted by Crippen LogP contribution is -2.37. The molecule has 0 bridgehead atoms. The van der Waals surface area contributed by atoms with E-state index in [-0.39, 0.29) is 5.75 Å². The molecule has 0 saturated carbocycles. The molecule has 0 aromatic carbocycles. The third-order valence-corrected chi connectivity index (χ3v) is 4.67. The molecule has 0 aliphatic carbocycles. The van der Waals surface area contributed by atoms with Crippen LogP contribution in [0.2, 0.25) is 0 Å². The van der Waals surface area contributed by atoms with E-state index >= 15 is 0 Å². The van der Waals surface area contributed by atoms with Gasteiger partial charge in [-0.05, 0) is 32.2 Å². The zero-order valence-electron chi connectivity index (χ0n) is 8.78. The van der Waals surface area contributed by atoms with Gasteiger partial charge in [-0.15, -0.1) is 0 Å². The third kappa shape index (κ3) is 2.93. The Balaban J connectivity index is 2.68. The minimum Gasteiger partial charge on any atom is -0.330 e. The molecule has 1 atom stereocenters. The van der Waals surface area contributed by atoms with Crippen LogP contribution in [-0.4, -0.2) is 38.1 Å². The Morgan fingerprint density at radius 3 is 2.71 bits per heavy atom. The topological polar surface area (TPSA) is 63.4 Å². The van der Waals surface area contributed by atoms with Crippen molar-refractivity contribution in [3.8, 4) is 0 Å². The molecule has 1 heterocycles. The van der Waals surface area contributed by atoms with Crippen molar-refractivity contribution in [1.29, 1.82) is 0 Å². The Labute approximate surface area is 86.5 Å². The van der Waals surface area contributed by atoms with Crippen molar-refractivity contribution >= 4 is 10.0 Å². The first-order chi connectivity index (χ1) is 6.60. The second kappa shape index (κ2) is 5.09. The van der Waals surface area contributed by atoms with E-state index in [1.54, 1.807) is 11.2 Å². The standard InChI is InChI=1S/C9H20N2O2S/c1-2-14(12,13)11-6-4-3-5-9(7-10)8-11/h9H,2-8,10H2,1H3. The molecule has 4 nitrogen and oxygen atoms in total. The summed E-state index contributed by atoms with van der Waals surface area (Å²) in [5, 5.41) is 0. The van der Waals surface area contributed by atoms with Gasteiger partial charge in [-0.3, -0.25) is 0 Å². The lowest BCUT2D eigenvalue weighted by Gasteiger charge is -2.22. The Morgan fingerprint density at radius 2 is 2.14 bits per heavy atom. The molecule has 0 spiro atoms. The quantitative estimate of drug-likeness (QED) is 0.748. The summed E-state index contributed by atoms with van der Waals surface area (Å²) in [6, 6.07) is 0. The van der Waals surface area contributed by atoms with Crippen molar-refractivity contribution in [1.82, 2.24) is 4.31 Å². The molecule has 1 fully saturated rings. The van der Waals surface area contributed by atoms with Crippen molar-refractivity contribution in [2.45, 2.75) is 26.2 Å². The van der Waals surface area contributed by atoms with Gasteiger partial charge in [0.05, 0.1) is 5.75 Å². The van der Waals surface area contributed by atoms with Crippen molar-refractivity contribution < 1.29 is 8.42 Å². The van der Waals surface area contributed by atoms with E-state index in [1.165, 1.54) is 0 Å². The van der Waals surface area contributed by atoms with Crippen LogP contribution in [0.4, 0.5) is 0 Å². The number of hydrogen-bond acceptors (Lipinski definition) is 3. The van der Waals surface area contributed by atoms with Crippen molar-refractivity contribution in [2.75, 3.05) is 25.4 Å². The number of hydrogen-bond donors (Lipinski definition) is 1. The normalized spacial score (nSPS) is 26.0. The first-order valence-electron chi connectivity index (χ1n) is 5.28. The predicted molar refractivity (Wildman–Crippen MR) is 57.4 cm³/mol. The molecular formula is C9H20N2O2S. The molecule has 0 aromatic rings. The van der Waals surface area contributed by atoms with Crippen molar-refractivity contribution in [3.05, 3.63) is 0 Å². The second-order valence-corrected chi connectivity index (χ2v) is 6.11. The van der Waals surface area contributed by atoms with Crippen LogP contribution in [0.3, 0.4) is 0 Å². The molecule has 14 heavy (non-hydrogen) atoms. The third-order valence-electron chi connectivity index (χ3n) is 2.82. The molecule has 84 valence electrons. The number of nitrogens with zero attached hydrogens (tertiary/aromatic N) is 1. The van der Waals surface area contributed by atoms with Gasteiger partial charge < -0.3 is 5.73 Å². The fraction of sp³-hybridized carbons (Fsp3) is 1.00. The summed E-state index contributed by atoms with van der Waals surface area (Å²) in [6.45, 7) is 3.58. The molecule has 1 unspecified atom stereocenters. The van der Waals surface area contributed by atoms with E-state index < -0.39 is 10.0 Å². The summed E-state index contributed by atoms with van der Waals surface area (Å²) in [6.07, 6.45) is 3.12. The highest BCUT2D eigenvalue weighted by Crippen LogP contribution is 2.18. The summed E-state index contributed by atoms with van der Waals surface area (Å²) in [5.74, 6) is 0.545. The SMILES string of the molecule is CCS(=O)(=O)N1CCCCC(CN)C1. The van der Waals surface area contributed by atoms with Crippen LogP contribution in [0.5, 0.6) is 0 Å². The summed E-state index contributed by atoms with van der Waals surface area (Å²) >= 11 is 0. The zero-order chi connectivity index (χ0) is 10.6. The van der Waals surface area contributed by atoms with Crippen molar-refractivity contribution in [3.63, 3.8) is 0 Å². The van der Waals surface area contributed by atoms with E-state index in [0.717, 1.165) is 19.3 Å². The highest BCUT2D eigenvalue weighted by Gasteiger charge is 2.25. The van der Waals surface area contributed by atoms with E-state index in [0.29, 0.717) is 25.6 Å². The Hall–Kier alpha value is -0.130. The highest BCUT2D eigenvalue weighted by atomic mass is 32.2. The van der Waals surface area contributed by atoms with Crippen LogP contribution in [0.1, 0.15) is 26.2 Å². The van der Waals surface area contributed by atoms with Gasteiger partial charge in [0, 0.05) is 13.1 Å². The molecule has 0 radical (unpaired) electrons. The fourth-order valence-electron chi connectivity index (χ4n) is 1.82. The van der Waals surface area contributed by atoms with Gasteiger partial charge in [0.15, 0.2) is 0 Å². The minimum absolute atomic E-state index is 0.199. The number of nitrogens with two attached hydrogens (primary N) is 1. The number of rotatable bonds is 3. The first kappa shape index (κ1) is 11.9. The molecule has 0 aromatic heterocycles. The summed E-state index contributed by atoms with van der Waals surface area (Å²) < 4.78 is 24.9. The lowest BCUT2D eigenvalue weighted by molar-refractivity contribution is 0.370.